The third kappa shape index (κ3) is 9.34. The van der Waals surface area contributed by atoms with Gasteiger partial charge in [0.2, 0.25) is 15.8 Å². The smallest absolute Gasteiger partial charge is 0.404 e. The first-order chi connectivity index (χ1) is 27.8. The molecule has 0 spiro atoms. The van der Waals surface area contributed by atoms with Gasteiger partial charge in [-0.1, -0.05) is 42.5 Å². The minimum Gasteiger partial charge on any atom is -0.497 e. The molecule has 0 saturated carbocycles. The van der Waals surface area contributed by atoms with Gasteiger partial charge in [-0.25, -0.2) is 26.6 Å². The Bertz CT molecular complexity index is 2550. The van der Waals surface area contributed by atoms with Crippen LogP contribution in [0.5, 0.6) is 17.2 Å². The molecule has 6 aromatic rings. The van der Waals surface area contributed by atoms with E-state index in [1.54, 1.807) is 92.0 Å². The highest BCUT2D eigenvalue weighted by Gasteiger charge is 2.38. The van der Waals surface area contributed by atoms with Gasteiger partial charge in [0, 0.05) is 31.4 Å². The molecule has 0 aliphatic rings. The number of hydrogen-bond donors (Lipinski definition) is 3. The number of carboxylic acid groups (broad SMARTS) is 1. The van der Waals surface area contributed by atoms with Gasteiger partial charge < -0.3 is 30.4 Å². The number of nitrogen functional groups attached to an aromatic ring is 1. The highest BCUT2D eigenvalue weighted by molar-refractivity contribution is 7.93. The Morgan fingerprint density at radius 1 is 0.776 bits per heavy atom. The second-order valence-electron chi connectivity index (χ2n) is 12.8. The predicted octanol–water partition coefficient (Wildman–Crippen LogP) is 4.49. The van der Waals surface area contributed by atoms with Crippen molar-refractivity contribution in [2.45, 2.75) is 29.4 Å². The van der Waals surface area contributed by atoms with E-state index in [0.717, 1.165) is 15.9 Å². The van der Waals surface area contributed by atoms with Gasteiger partial charge in [-0.05, 0) is 82.1 Å². The van der Waals surface area contributed by atoms with Gasteiger partial charge in [-0.3, -0.25) is 0 Å². The zero-order valence-electron chi connectivity index (χ0n) is 31.6. The van der Waals surface area contributed by atoms with Crippen LogP contribution in [-0.4, -0.2) is 91.2 Å². The van der Waals surface area contributed by atoms with E-state index in [-0.39, 0.29) is 48.0 Å². The molecule has 4 aromatic carbocycles. The van der Waals surface area contributed by atoms with E-state index >= 15 is 8.42 Å². The SMILES string of the molecule is COc1ccc(CN(Cc2ccc(OC)cc2)S(=O)(=O)c2c(S(=O)(=O)CCNC(=O)O)ccc(-c3cccnc3N)c2-c2nnn(Cc3ccc(OC)cc3)n2)cc1. The van der Waals surface area contributed by atoms with Gasteiger partial charge in [0.15, 0.2) is 9.84 Å². The Labute approximate surface area is 335 Å². The summed E-state index contributed by atoms with van der Waals surface area (Å²) in [6.45, 7) is -0.839. The Morgan fingerprint density at radius 2 is 1.33 bits per heavy atom. The molecule has 17 nitrogen and oxygen atoms in total. The molecule has 2 heterocycles. The maximum atomic E-state index is 15.6. The van der Waals surface area contributed by atoms with Gasteiger partial charge in [-0.15, -0.1) is 10.2 Å². The normalized spacial score (nSPS) is 11.7. The van der Waals surface area contributed by atoms with Crippen LogP contribution < -0.4 is 25.3 Å². The number of nitrogens with two attached hydrogens (primary N) is 1. The van der Waals surface area contributed by atoms with E-state index in [1.165, 1.54) is 31.3 Å². The first-order valence-electron chi connectivity index (χ1n) is 17.6. The molecule has 58 heavy (non-hydrogen) atoms. The molecule has 302 valence electrons. The topological polar surface area (TPSA) is 231 Å². The summed E-state index contributed by atoms with van der Waals surface area (Å²) in [6, 6.07) is 26.4. The average Bonchev–Trinajstić information content (AvgIpc) is 3.68. The monoisotopic (exact) mass is 828 g/mol. The largest absolute Gasteiger partial charge is 0.497 e. The molecule has 19 heteroatoms. The molecular weight excluding hydrogens is 789 g/mol. The summed E-state index contributed by atoms with van der Waals surface area (Å²) in [5, 5.41) is 24.4. The number of ether oxygens (including phenoxy) is 3. The standard InChI is InChI=1S/C39H40N8O9S2/c1-54-29-12-6-26(7-13-29)23-46(24-27-8-14-30(55-2)15-9-27)58(52,53)36-34(57(50,51)22-21-42-39(48)49)19-18-32(33-5-4-20-41-37(33)40)35(36)38-43-45-47(44-38)25-28-10-16-31(56-3)17-11-28/h4-20,42H,21-25H2,1-3H3,(H2,40,41)(H,48,49). The fourth-order valence-corrected chi connectivity index (χ4v) is 9.71. The lowest BCUT2D eigenvalue weighted by Gasteiger charge is -2.26. The summed E-state index contributed by atoms with van der Waals surface area (Å²) in [5.41, 5.74) is 8.48. The van der Waals surface area contributed by atoms with E-state index in [4.69, 9.17) is 19.9 Å². The van der Waals surface area contributed by atoms with Crippen LogP contribution in [0.4, 0.5) is 10.6 Å². The van der Waals surface area contributed by atoms with Gasteiger partial charge in [0.05, 0.1) is 44.1 Å². The average molecular weight is 829 g/mol. The molecule has 6 rings (SSSR count). The third-order valence-corrected chi connectivity index (χ3v) is 12.8. The van der Waals surface area contributed by atoms with Gasteiger partial charge in [-0.2, -0.15) is 9.10 Å². The lowest BCUT2D eigenvalue weighted by Crippen LogP contribution is -2.33. The van der Waals surface area contributed by atoms with Gasteiger partial charge >= 0.3 is 6.09 Å². The summed E-state index contributed by atoms with van der Waals surface area (Å²) in [4.78, 5) is 15.5. The number of sulfone groups is 1. The maximum absolute atomic E-state index is 15.6. The second kappa shape index (κ2) is 17.7. The molecule has 0 atom stereocenters. The van der Waals surface area contributed by atoms with Gasteiger partial charge in [0.1, 0.15) is 28.0 Å². The summed E-state index contributed by atoms with van der Waals surface area (Å²) in [7, 11) is -4.90. The number of rotatable bonds is 17. The van der Waals surface area contributed by atoms with E-state index in [0.29, 0.717) is 28.4 Å². The molecule has 0 bridgehead atoms. The van der Waals surface area contributed by atoms with Crippen molar-refractivity contribution < 1.29 is 40.9 Å². The maximum Gasteiger partial charge on any atom is 0.404 e. The van der Waals surface area contributed by atoms with Crippen LogP contribution in [0.3, 0.4) is 0 Å². The Morgan fingerprint density at radius 3 is 1.84 bits per heavy atom. The number of benzene rings is 4. The first kappa shape index (κ1) is 41.1. The van der Waals surface area contributed by atoms with Crippen molar-refractivity contribution in [2.75, 3.05) is 39.4 Å². The number of methoxy groups -OCH3 is 3. The lowest BCUT2D eigenvalue weighted by atomic mass is 9.99. The van der Waals surface area contributed by atoms with E-state index in [9.17, 15) is 18.3 Å². The van der Waals surface area contributed by atoms with Crippen molar-refractivity contribution in [1.29, 1.82) is 0 Å². The quantitative estimate of drug-likeness (QED) is 0.115. The molecule has 0 aliphatic carbocycles. The number of hydrogen-bond acceptors (Lipinski definition) is 13. The molecule has 1 amide bonds. The van der Waals surface area contributed by atoms with E-state index < -0.39 is 48.0 Å². The van der Waals surface area contributed by atoms with Crippen LogP contribution in [0.25, 0.3) is 22.5 Å². The number of sulfonamides is 1. The molecular formula is C39H40N8O9S2. The molecule has 0 saturated heterocycles. The van der Waals surface area contributed by atoms with Crippen LogP contribution >= 0.6 is 0 Å². The molecule has 4 N–H and O–H groups in total. The third-order valence-electron chi connectivity index (χ3n) is 9.03. The summed E-state index contributed by atoms with van der Waals surface area (Å²) in [5.74, 6) is 0.751. The van der Waals surface area contributed by atoms with Crippen molar-refractivity contribution in [3.05, 3.63) is 120 Å². The predicted molar refractivity (Wildman–Crippen MR) is 213 cm³/mol. The minimum atomic E-state index is -4.90. The number of carbonyl (C=O) groups is 1. The van der Waals surface area contributed by atoms with Crippen molar-refractivity contribution in [1.82, 2.24) is 34.8 Å². The van der Waals surface area contributed by atoms with E-state index in [2.05, 4.69) is 20.4 Å². The molecule has 0 fully saturated rings. The fraction of sp³-hybridized carbons (Fsp3) is 0.205. The zero-order valence-corrected chi connectivity index (χ0v) is 33.3. The van der Waals surface area contributed by atoms with E-state index in [1.807, 2.05) is 5.32 Å². The number of anilines is 1. The van der Waals surface area contributed by atoms with Crippen LogP contribution in [0.15, 0.2) is 113 Å². The highest BCUT2D eigenvalue weighted by Crippen LogP contribution is 2.42. The lowest BCUT2D eigenvalue weighted by molar-refractivity contribution is 0.195. The van der Waals surface area contributed by atoms with Crippen LogP contribution in [0.1, 0.15) is 16.7 Å². The Hall–Kier alpha value is -6.57. The van der Waals surface area contributed by atoms with Crippen LogP contribution in [0, 0.1) is 0 Å². The minimum absolute atomic E-state index is 0.0207. The Kier molecular flexibility index (Phi) is 12.5. The number of nitrogens with zero attached hydrogens (tertiary/aromatic N) is 6. The zero-order chi connectivity index (χ0) is 41.5. The second-order valence-corrected chi connectivity index (χ2v) is 16.7. The first-order valence-corrected chi connectivity index (χ1v) is 20.7. The van der Waals surface area contributed by atoms with Crippen LogP contribution in [0.2, 0.25) is 0 Å². The summed E-state index contributed by atoms with van der Waals surface area (Å²) < 4.78 is 76.9. The summed E-state index contributed by atoms with van der Waals surface area (Å²) in [6.07, 6.45) is 0.00758. The fourth-order valence-electron chi connectivity index (χ4n) is 6.09. The molecule has 0 aliphatic heterocycles. The highest BCUT2D eigenvalue weighted by atomic mass is 32.2. The number of pyridine rings is 1. The number of amides is 1. The Balaban J connectivity index is 1.61. The van der Waals surface area contributed by atoms with Gasteiger partial charge in [0.25, 0.3) is 0 Å². The van der Waals surface area contributed by atoms with Crippen molar-refractivity contribution in [3.8, 4) is 39.8 Å². The van der Waals surface area contributed by atoms with Crippen molar-refractivity contribution in [2.24, 2.45) is 0 Å². The molecule has 2 aromatic heterocycles. The number of nitrogens with one attached hydrogen (secondary N) is 1. The van der Waals surface area contributed by atoms with Crippen molar-refractivity contribution >= 4 is 31.8 Å². The molecule has 0 unspecified atom stereocenters. The molecule has 0 radical (unpaired) electrons. The number of tetrazole rings is 1. The summed E-state index contributed by atoms with van der Waals surface area (Å²) >= 11 is 0. The van der Waals surface area contributed by atoms with Crippen LogP contribution in [-0.2, 0) is 39.5 Å². The van der Waals surface area contributed by atoms with Crippen molar-refractivity contribution in [3.63, 3.8) is 0 Å². The number of aromatic nitrogens is 5.